The van der Waals surface area contributed by atoms with Crippen LogP contribution in [0.15, 0.2) is 0 Å². The molecule has 32 valence electrons. The molecular formula is C2H6Cl2Zn-2. The molecule has 0 aliphatic heterocycles. The van der Waals surface area contributed by atoms with Gasteiger partial charge in [-0.2, -0.15) is 0 Å². The normalized spacial score (nSPS) is 2.00. The zero-order valence-electron chi connectivity index (χ0n) is 3.46. The van der Waals surface area contributed by atoms with Crippen LogP contribution in [-0.2, 0) is 15.1 Å². The van der Waals surface area contributed by atoms with Gasteiger partial charge < -0.3 is 14.9 Å². The van der Waals surface area contributed by atoms with E-state index in [1.807, 2.05) is 0 Å². The minimum absolute atomic E-state index is 0. The first-order valence-corrected chi connectivity index (χ1v) is 8.33. The number of rotatable bonds is 0. The van der Waals surface area contributed by atoms with Crippen LogP contribution in [0.3, 0.4) is 0 Å². The predicted molar refractivity (Wildman–Crippen MR) is 24.5 cm³/mol. The van der Waals surface area contributed by atoms with Crippen molar-refractivity contribution in [1.82, 2.24) is 0 Å². The fraction of sp³-hybridized carbons (Fsp3) is 0. The molecule has 0 aliphatic carbocycles. The molecule has 0 aromatic heterocycles. The topological polar surface area (TPSA) is 0 Å². The van der Waals surface area contributed by atoms with Crippen molar-refractivity contribution in [1.29, 1.82) is 0 Å². The molecule has 5 heavy (non-hydrogen) atoms. The van der Waals surface area contributed by atoms with Crippen LogP contribution in [-0.4, -0.2) is 0 Å². The van der Waals surface area contributed by atoms with Gasteiger partial charge in [0.1, 0.15) is 0 Å². The van der Waals surface area contributed by atoms with Crippen molar-refractivity contribution in [2.24, 2.45) is 0 Å². The fourth-order valence-corrected chi connectivity index (χ4v) is 0. The van der Waals surface area contributed by atoms with Gasteiger partial charge in [0.15, 0.2) is 0 Å². The van der Waals surface area contributed by atoms with Crippen molar-refractivity contribution < 1.29 is 15.1 Å². The van der Waals surface area contributed by atoms with Gasteiger partial charge in [0.25, 0.3) is 0 Å². The van der Waals surface area contributed by atoms with Crippen molar-refractivity contribution in [2.45, 2.75) is 0 Å². The quantitative estimate of drug-likeness (QED) is 0.382. The summed E-state index contributed by atoms with van der Waals surface area (Å²) in [5.74, 6) is 0. The number of hydrogen-bond donors (Lipinski definition) is 0. The van der Waals surface area contributed by atoms with Crippen molar-refractivity contribution in [3.63, 3.8) is 0 Å². The summed E-state index contributed by atoms with van der Waals surface area (Å²) in [6.45, 7) is 0. The first kappa shape index (κ1) is 16.4. The van der Waals surface area contributed by atoms with Gasteiger partial charge in [0.2, 0.25) is 0 Å². The number of halogens is 2. The minimum atomic E-state index is -0.931. The van der Waals surface area contributed by atoms with Crippen LogP contribution >= 0.6 is 19.4 Å². The van der Waals surface area contributed by atoms with Crippen LogP contribution < -0.4 is 0 Å². The molecule has 0 aliphatic rings. The van der Waals surface area contributed by atoms with Gasteiger partial charge in [0, 0.05) is 0 Å². The molecule has 0 amide bonds. The average molecular weight is 166 g/mol. The summed E-state index contributed by atoms with van der Waals surface area (Å²) in [5.41, 5.74) is 0. The van der Waals surface area contributed by atoms with Gasteiger partial charge in [-0.15, -0.1) is 0 Å². The molecule has 0 heterocycles. The zero-order valence-corrected chi connectivity index (χ0v) is 7.94. The van der Waals surface area contributed by atoms with Gasteiger partial charge in [0.05, 0.1) is 0 Å². The van der Waals surface area contributed by atoms with Crippen molar-refractivity contribution in [3.05, 3.63) is 14.9 Å². The molecule has 0 unspecified atom stereocenters. The van der Waals surface area contributed by atoms with E-state index in [2.05, 4.69) is 0 Å². The third kappa shape index (κ3) is 36.9. The molecule has 0 atom stereocenters. The van der Waals surface area contributed by atoms with Gasteiger partial charge in [-0.3, -0.25) is 0 Å². The summed E-state index contributed by atoms with van der Waals surface area (Å²) < 4.78 is 0. The second-order valence-corrected chi connectivity index (χ2v) is 4.72. The Labute approximate surface area is 49.5 Å². The molecular weight excluding hydrogens is 160 g/mol. The Morgan fingerprint density at radius 3 is 1.00 bits per heavy atom. The van der Waals surface area contributed by atoms with E-state index in [4.69, 9.17) is 19.4 Å². The maximum absolute atomic E-state index is 4.95. The zero-order chi connectivity index (χ0) is 2.71. The summed E-state index contributed by atoms with van der Waals surface area (Å²) in [7, 11) is 9.90. The second kappa shape index (κ2) is 18.9. The molecule has 0 aromatic carbocycles. The SMILES string of the molecule is [CH3-].[CH3-].[Cl][Zn][Cl]. The van der Waals surface area contributed by atoms with Crippen LogP contribution in [0.1, 0.15) is 0 Å². The van der Waals surface area contributed by atoms with Crippen molar-refractivity contribution in [2.75, 3.05) is 0 Å². The van der Waals surface area contributed by atoms with Crippen molar-refractivity contribution in [3.8, 4) is 0 Å². The summed E-state index contributed by atoms with van der Waals surface area (Å²) in [4.78, 5) is 0. The molecule has 0 rings (SSSR count). The Balaban J connectivity index is -0.0000000200. The Morgan fingerprint density at radius 2 is 1.00 bits per heavy atom. The molecule has 0 saturated carbocycles. The van der Waals surface area contributed by atoms with Gasteiger partial charge >= 0.3 is 34.5 Å². The second-order valence-electron chi connectivity index (χ2n) is 0.101. The molecule has 0 aromatic rings. The van der Waals surface area contributed by atoms with Crippen LogP contribution in [0.2, 0.25) is 0 Å². The maximum atomic E-state index is 4.95. The fourth-order valence-electron chi connectivity index (χ4n) is 0. The Morgan fingerprint density at radius 1 is 1.00 bits per heavy atom. The molecule has 0 spiro atoms. The van der Waals surface area contributed by atoms with Crippen LogP contribution in [0.5, 0.6) is 0 Å². The van der Waals surface area contributed by atoms with Crippen molar-refractivity contribution >= 4 is 19.4 Å². The van der Waals surface area contributed by atoms with Crippen LogP contribution in [0, 0.1) is 14.9 Å². The Hall–Kier alpha value is 1.20. The molecule has 0 radical (unpaired) electrons. The molecule has 0 N–H and O–H groups in total. The molecule has 0 bridgehead atoms. The molecule has 3 heteroatoms. The summed E-state index contributed by atoms with van der Waals surface area (Å²) in [5, 5.41) is 0. The van der Waals surface area contributed by atoms with Crippen LogP contribution in [0.4, 0.5) is 0 Å². The Bertz CT molecular complexity index is 7.61. The molecule has 0 fully saturated rings. The summed E-state index contributed by atoms with van der Waals surface area (Å²) in [6, 6.07) is 0. The first-order chi connectivity index (χ1) is 1.41. The van der Waals surface area contributed by atoms with E-state index in [9.17, 15) is 0 Å². The predicted octanol–water partition coefficient (Wildman–Crippen LogP) is 2.28. The third-order valence-corrected chi connectivity index (χ3v) is 0. The Kier molecular flexibility index (Phi) is 62.0. The van der Waals surface area contributed by atoms with E-state index < -0.39 is 15.1 Å². The van der Waals surface area contributed by atoms with E-state index in [1.165, 1.54) is 0 Å². The standard InChI is InChI=1S/2CH3.2ClH.Zn/h2*1H3;2*1H;/q2*-1;;;+2/p-2. The summed E-state index contributed by atoms with van der Waals surface area (Å²) >= 11 is -0.931. The first-order valence-electron chi connectivity index (χ1n) is 0.535. The van der Waals surface area contributed by atoms with E-state index in [0.29, 0.717) is 0 Å². The van der Waals surface area contributed by atoms with Gasteiger partial charge in [-0.05, 0) is 0 Å². The average Bonchev–Trinajstić information content (AvgIpc) is 0.918. The van der Waals surface area contributed by atoms with E-state index in [0.717, 1.165) is 0 Å². The van der Waals surface area contributed by atoms with E-state index in [-0.39, 0.29) is 14.9 Å². The van der Waals surface area contributed by atoms with E-state index in [1.54, 1.807) is 0 Å². The van der Waals surface area contributed by atoms with Gasteiger partial charge in [-0.25, -0.2) is 0 Å². The van der Waals surface area contributed by atoms with E-state index >= 15 is 0 Å². The number of hydrogen-bond acceptors (Lipinski definition) is 0. The summed E-state index contributed by atoms with van der Waals surface area (Å²) in [6.07, 6.45) is 0. The monoisotopic (exact) mass is 164 g/mol. The van der Waals surface area contributed by atoms with Crippen LogP contribution in [0.25, 0.3) is 0 Å². The molecule has 0 saturated heterocycles. The van der Waals surface area contributed by atoms with Gasteiger partial charge in [-0.1, -0.05) is 0 Å². The third-order valence-electron chi connectivity index (χ3n) is 0. The molecule has 0 nitrogen and oxygen atoms in total.